The lowest BCUT2D eigenvalue weighted by Crippen LogP contribution is -2.45. The standard InChI is InChI=1S/C16H19F4N3O3/c1-21-6-8-22(9-7-21)11-2-3-12(14(24)25)13(10-11)23(5-4-17)15(26)16(18,19)20/h2-3,10H,4-9H2,1H3,(H,24,25). The molecule has 1 aromatic carbocycles. The molecule has 0 spiro atoms. The van der Waals surface area contributed by atoms with Gasteiger partial charge in [-0.25, -0.2) is 9.18 Å². The fourth-order valence-corrected chi connectivity index (χ4v) is 2.75. The van der Waals surface area contributed by atoms with Gasteiger partial charge in [0.15, 0.2) is 0 Å². The van der Waals surface area contributed by atoms with Crippen LogP contribution in [0.3, 0.4) is 0 Å². The number of likely N-dealkylation sites (N-methyl/N-ethyl adjacent to an activating group) is 1. The monoisotopic (exact) mass is 377 g/mol. The summed E-state index contributed by atoms with van der Waals surface area (Å²) in [7, 11) is 1.93. The van der Waals surface area contributed by atoms with E-state index in [9.17, 15) is 32.3 Å². The summed E-state index contributed by atoms with van der Waals surface area (Å²) in [5.74, 6) is -3.79. The average Bonchev–Trinajstić information content (AvgIpc) is 2.58. The largest absolute Gasteiger partial charge is 0.478 e. The van der Waals surface area contributed by atoms with Gasteiger partial charge in [0.05, 0.1) is 17.8 Å². The predicted molar refractivity (Wildman–Crippen MR) is 87.5 cm³/mol. The minimum absolute atomic E-state index is 0.142. The number of carboxylic acids is 1. The molecule has 1 aliphatic heterocycles. The third-order valence-electron chi connectivity index (χ3n) is 4.17. The van der Waals surface area contributed by atoms with E-state index < -0.39 is 42.5 Å². The molecule has 0 saturated carbocycles. The maximum atomic E-state index is 12.9. The lowest BCUT2D eigenvalue weighted by molar-refractivity contribution is -0.170. The van der Waals surface area contributed by atoms with Crippen molar-refractivity contribution in [1.82, 2.24) is 4.90 Å². The molecular weight excluding hydrogens is 358 g/mol. The first-order chi connectivity index (χ1) is 12.1. The van der Waals surface area contributed by atoms with E-state index in [1.54, 1.807) is 0 Å². The Morgan fingerprint density at radius 3 is 2.31 bits per heavy atom. The third kappa shape index (κ3) is 4.43. The Balaban J connectivity index is 2.46. The average molecular weight is 377 g/mol. The molecule has 1 amide bonds. The third-order valence-corrected chi connectivity index (χ3v) is 4.17. The van der Waals surface area contributed by atoms with Gasteiger partial charge in [-0.2, -0.15) is 13.2 Å². The molecule has 0 unspecified atom stereocenters. The second-order valence-electron chi connectivity index (χ2n) is 5.94. The van der Waals surface area contributed by atoms with Gasteiger partial charge in [0.1, 0.15) is 6.67 Å². The van der Waals surface area contributed by atoms with Crippen molar-refractivity contribution >= 4 is 23.3 Å². The highest BCUT2D eigenvalue weighted by atomic mass is 19.4. The maximum absolute atomic E-state index is 12.9. The summed E-state index contributed by atoms with van der Waals surface area (Å²) in [5, 5.41) is 9.27. The smallest absolute Gasteiger partial charge is 0.471 e. The first-order valence-electron chi connectivity index (χ1n) is 7.90. The van der Waals surface area contributed by atoms with Crippen LogP contribution >= 0.6 is 0 Å². The van der Waals surface area contributed by atoms with Crippen molar-refractivity contribution in [3.63, 3.8) is 0 Å². The predicted octanol–water partition coefficient (Wildman–Crippen LogP) is 2.00. The van der Waals surface area contributed by atoms with Crippen molar-refractivity contribution in [1.29, 1.82) is 0 Å². The zero-order valence-corrected chi connectivity index (χ0v) is 14.1. The van der Waals surface area contributed by atoms with Gasteiger partial charge in [0.25, 0.3) is 0 Å². The molecular formula is C16H19F4N3O3. The molecule has 6 nitrogen and oxygen atoms in total. The van der Waals surface area contributed by atoms with E-state index >= 15 is 0 Å². The topological polar surface area (TPSA) is 64.1 Å². The van der Waals surface area contributed by atoms with Gasteiger partial charge >= 0.3 is 18.1 Å². The Hall–Kier alpha value is -2.36. The van der Waals surface area contributed by atoms with Crippen molar-refractivity contribution in [2.45, 2.75) is 6.18 Å². The van der Waals surface area contributed by atoms with Crippen LogP contribution in [0.5, 0.6) is 0 Å². The molecule has 1 saturated heterocycles. The van der Waals surface area contributed by atoms with Crippen molar-refractivity contribution < 1.29 is 32.3 Å². The Morgan fingerprint density at radius 1 is 1.19 bits per heavy atom. The molecule has 1 aromatic rings. The number of hydrogen-bond acceptors (Lipinski definition) is 4. The second-order valence-corrected chi connectivity index (χ2v) is 5.94. The number of anilines is 2. The van der Waals surface area contributed by atoms with Crippen LogP contribution in [0, 0.1) is 0 Å². The van der Waals surface area contributed by atoms with E-state index in [2.05, 4.69) is 4.90 Å². The Labute approximate surface area is 147 Å². The molecule has 144 valence electrons. The molecule has 1 fully saturated rings. The minimum atomic E-state index is -5.24. The van der Waals surface area contributed by atoms with Gasteiger partial charge < -0.3 is 19.8 Å². The highest BCUT2D eigenvalue weighted by molar-refractivity contribution is 6.04. The molecule has 1 heterocycles. The summed E-state index contributed by atoms with van der Waals surface area (Å²) in [6.07, 6.45) is -5.24. The highest BCUT2D eigenvalue weighted by Gasteiger charge is 2.43. The number of carbonyl (C=O) groups excluding carboxylic acids is 1. The molecule has 0 aromatic heterocycles. The van der Waals surface area contributed by atoms with Crippen LogP contribution in [0.2, 0.25) is 0 Å². The van der Waals surface area contributed by atoms with E-state index in [-0.39, 0.29) is 4.90 Å². The Bertz CT molecular complexity index is 673. The van der Waals surface area contributed by atoms with Crippen LogP contribution in [-0.2, 0) is 4.79 Å². The number of aromatic carboxylic acids is 1. The van der Waals surface area contributed by atoms with Crippen molar-refractivity contribution in [3.05, 3.63) is 23.8 Å². The number of halogens is 4. The normalized spacial score (nSPS) is 15.8. The fraction of sp³-hybridized carbons (Fsp3) is 0.500. The molecule has 0 aliphatic carbocycles. The van der Waals surface area contributed by atoms with Gasteiger partial charge in [-0.1, -0.05) is 0 Å². The van der Waals surface area contributed by atoms with E-state index in [0.717, 1.165) is 19.2 Å². The molecule has 10 heteroatoms. The first kappa shape index (κ1) is 20.0. The summed E-state index contributed by atoms with van der Waals surface area (Å²) < 4.78 is 51.4. The molecule has 26 heavy (non-hydrogen) atoms. The molecule has 0 atom stereocenters. The molecule has 2 rings (SSSR count). The van der Waals surface area contributed by atoms with Crippen LogP contribution in [0.4, 0.5) is 28.9 Å². The number of alkyl halides is 4. The number of nitrogens with zero attached hydrogens (tertiary/aromatic N) is 3. The number of benzene rings is 1. The minimum Gasteiger partial charge on any atom is -0.478 e. The van der Waals surface area contributed by atoms with Gasteiger partial charge in [0, 0.05) is 31.9 Å². The first-order valence-corrected chi connectivity index (χ1v) is 7.90. The quantitative estimate of drug-likeness (QED) is 0.796. The molecule has 0 radical (unpaired) electrons. The van der Waals surface area contributed by atoms with E-state index in [0.29, 0.717) is 18.8 Å². The van der Waals surface area contributed by atoms with Gasteiger partial charge in [-0.05, 0) is 25.2 Å². The SMILES string of the molecule is CN1CCN(c2ccc(C(=O)O)c(N(CCF)C(=O)C(F)(F)F)c2)CC1. The zero-order valence-electron chi connectivity index (χ0n) is 14.1. The Kier molecular flexibility index (Phi) is 6.06. The molecule has 1 aliphatic rings. The highest BCUT2D eigenvalue weighted by Crippen LogP contribution is 2.31. The van der Waals surface area contributed by atoms with Gasteiger partial charge in [-0.3, -0.25) is 4.79 Å². The van der Waals surface area contributed by atoms with Crippen molar-refractivity contribution in [3.8, 4) is 0 Å². The van der Waals surface area contributed by atoms with E-state index in [1.807, 2.05) is 11.9 Å². The number of carboxylic acid groups (broad SMARTS) is 1. The number of hydrogen-bond donors (Lipinski definition) is 1. The van der Waals surface area contributed by atoms with Crippen molar-refractivity contribution in [2.75, 3.05) is 56.2 Å². The van der Waals surface area contributed by atoms with Crippen LogP contribution in [-0.4, -0.2) is 74.5 Å². The van der Waals surface area contributed by atoms with Gasteiger partial charge in [0.2, 0.25) is 0 Å². The van der Waals surface area contributed by atoms with Crippen LogP contribution in [0.1, 0.15) is 10.4 Å². The number of amides is 1. The molecule has 1 N–H and O–H groups in total. The Morgan fingerprint density at radius 2 is 1.81 bits per heavy atom. The molecule has 0 bridgehead atoms. The zero-order chi connectivity index (χ0) is 19.5. The summed E-state index contributed by atoms with van der Waals surface area (Å²) in [5.41, 5.74) is -0.472. The number of rotatable bonds is 5. The summed E-state index contributed by atoms with van der Waals surface area (Å²) in [6.45, 7) is 0.527. The lowest BCUT2D eigenvalue weighted by Gasteiger charge is -2.35. The lowest BCUT2D eigenvalue weighted by atomic mass is 10.1. The maximum Gasteiger partial charge on any atom is 0.471 e. The van der Waals surface area contributed by atoms with Crippen LogP contribution in [0.15, 0.2) is 18.2 Å². The summed E-state index contributed by atoms with van der Waals surface area (Å²) in [6, 6.07) is 3.82. The summed E-state index contributed by atoms with van der Waals surface area (Å²) in [4.78, 5) is 27.2. The fourth-order valence-electron chi connectivity index (χ4n) is 2.75. The van der Waals surface area contributed by atoms with E-state index in [1.165, 1.54) is 12.1 Å². The number of carbonyl (C=O) groups is 2. The number of piperazine rings is 1. The van der Waals surface area contributed by atoms with E-state index in [4.69, 9.17) is 0 Å². The van der Waals surface area contributed by atoms with Gasteiger partial charge in [-0.15, -0.1) is 0 Å². The van der Waals surface area contributed by atoms with Crippen LogP contribution in [0.25, 0.3) is 0 Å². The second kappa shape index (κ2) is 7.90. The summed E-state index contributed by atoms with van der Waals surface area (Å²) >= 11 is 0. The van der Waals surface area contributed by atoms with Crippen LogP contribution < -0.4 is 9.80 Å². The van der Waals surface area contributed by atoms with Crippen molar-refractivity contribution in [2.24, 2.45) is 0 Å².